The summed E-state index contributed by atoms with van der Waals surface area (Å²) in [6.07, 6.45) is 3.37. The van der Waals surface area contributed by atoms with Gasteiger partial charge in [0.25, 0.3) is 5.91 Å². The minimum absolute atomic E-state index is 0.170. The number of carbonyl (C=O) groups is 1. The van der Waals surface area contributed by atoms with Crippen LogP contribution >= 0.6 is 0 Å². The Morgan fingerprint density at radius 2 is 2.13 bits per heavy atom. The van der Waals surface area contributed by atoms with Gasteiger partial charge in [-0.15, -0.1) is 0 Å². The number of aromatic nitrogens is 3. The summed E-state index contributed by atoms with van der Waals surface area (Å²) in [5.74, 6) is -1.83. The minimum Gasteiger partial charge on any atom is -0.342 e. The topological polar surface area (TPSA) is 59.8 Å². The first-order valence-corrected chi connectivity index (χ1v) is 7.66. The summed E-state index contributed by atoms with van der Waals surface area (Å²) in [4.78, 5) is 16.6. The van der Waals surface area contributed by atoms with Crippen LogP contribution in [0.4, 0.5) is 8.78 Å². The van der Waals surface area contributed by atoms with Gasteiger partial charge in [-0.3, -0.25) is 4.79 Å². The lowest BCUT2D eigenvalue weighted by atomic mass is 10.1. The first-order valence-electron chi connectivity index (χ1n) is 7.66. The van der Waals surface area contributed by atoms with Crippen molar-refractivity contribution in [1.82, 2.24) is 20.1 Å². The SMILES string of the molecule is CCn1ncnc1[C@@H](NC(=O)c1ccc(C)c(F)c1F)C1CC1. The molecule has 0 radical (unpaired) electrons. The molecule has 122 valence electrons. The molecule has 23 heavy (non-hydrogen) atoms. The Hall–Kier alpha value is -2.31. The molecule has 0 aliphatic heterocycles. The Kier molecular flexibility index (Phi) is 4.11. The summed E-state index contributed by atoms with van der Waals surface area (Å²) < 4.78 is 29.4. The van der Waals surface area contributed by atoms with Crippen LogP contribution in [0.2, 0.25) is 0 Å². The third-order valence-electron chi connectivity index (χ3n) is 4.12. The highest BCUT2D eigenvalue weighted by molar-refractivity contribution is 5.94. The molecular weight excluding hydrogens is 302 g/mol. The number of rotatable bonds is 5. The summed E-state index contributed by atoms with van der Waals surface area (Å²) >= 11 is 0. The van der Waals surface area contributed by atoms with E-state index in [0.717, 1.165) is 12.8 Å². The van der Waals surface area contributed by atoms with Gasteiger partial charge in [0.1, 0.15) is 12.2 Å². The lowest BCUT2D eigenvalue weighted by molar-refractivity contribution is 0.0923. The van der Waals surface area contributed by atoms with E-state index in [-0.39, 0.29) is 23.1 Å². The predicted octanol–water partition coefficient (Wildman–Crippen LogP) is 2.77. The fourth-order valence-electron chi connectivity index (χ4n) is 2.62. The maximum Gasteiger partial charge on any atom is 0.254 e. The molecule has 3 rings (SSSR count). The van der Waals surface area contributed by atoms with Gasteiger partial charge in [-0.05, 0) is 44.2 Å². The molecule has 0 unspecified atom stereocenters. The van der Waals surface area contributed by atoms with E-state index in [9.17, 15) is 13.6 Å². The van der Waals surface area contributed by atoms with Crippen molar-refractivity contribution in [2.75, 3.05) is 0 Å². The summed E-state index contributed by atoms with van der Waals surface area (Å²) in [7, 11) is 0. The summed E-state index contributed by atoms with van der Waals surface area (Å²) in [5.41, 5.74) is -0.121. The van der Waals surface area contributed by atoms with Crippen LogP contribution in [0.1, 0.15) is 47.6 Å². The van der Waals surface area contributed by atoms with E-state index in [1.165, 1.54) is 25.4 Å². The van der Waals surface area contributed by atoms with Crippen molar-refractivity contribution in [3.05, 3.63) is 47.0 Å². The second-order valence-corrected chi connectivity index (χ2v) is 5.78. The minimum atomic E-state index is -1.12. The number of hydrogen-bond acceptors (Lipinski definition) is 3. The number of hydrogen-bond donors (Lipinski definition) is 1. The molecule has 1 saturated carbocycles. The number of nitrogens with zero attached hydrogens (tertiary/aromatic N) is 3. The van der Waals surface area contributed by atoms with E-state index < -0.39 is 17.5 Å². The van der Waals surface area contributed by atoms with E-state index in [1.807, 2.05) is 6.92 Å². The molecule has 1 aromatic heterocycles. The molecule has 1 atom stereocenters. The van der Waals surface area contributed by atoms with E-state index in [0.29, 0.717) is 12.4 Å². The number of amides is 1. The van der Waals surface area contributed by atoms with Gasteiger partial charge in [-0.25, -0.2) is 18.4 Å². The molecule has 7 heteroatoms. The molecule has 0 saturated heterocycles. The largest absolute Gasteiger partial charge is 0.342 e. The number of nitrogens with one attached hydrogen (secondary N) is 1. The van der Waals surface area contributed by atoms with Gasteiger partial charge >= 0.3 is 0 Å². The Labute approximate surface area is 132 Å². The standard InChI is InChI=1S/C16H18F2N4O/c1-3-22-15(19-8-20-22)14(10-5-6-10)21-16(23)11-7-4-9(2)12(17)13(11)18/h4,7-8,10,14H,3,5-6H2,1-2H3,(H,21,23)/t14-/m0/s1. The molecule has 2 aromatic rings. The Morgan fingerprint density at radius 3 is 2.78 bits per heavy atom. The van der Waals surface area contributed by atoms with Crippen LogP contribution in [0.25, 0.3) is 0 Å². The van der Waals surface area contributed by atoms with Gasteiger partial charge in [0.15, 0.2) is 11.6 Å². The third kappa shape index (κ3) is 2.95. The number of aryl methyl sites for hydroxylation is 2. The first kappa shape index (κ1) is 15.6. The molecule has 1 N–H and O–H groups in total. The molecule has 1 fully saturated rings. The van der Waals surface area contributed by atoms with Crippen LogP contribution in [-0.2, 0) is 6.54 Å². The number of benzene rings is 1. The van der Waals surface area contributed by atoms with Crippen LogP contribution in [0.15, 0.2) is 18.5 Å². The summed E-state index contributed by atoms with van der Waals surface area (Å²) in [6, 6.07) is 2.36. The quantitative estimate of drug-likeness (QED) is 0.921. The van der Waals surface area contributed by atoms with Crippen molar-refractivity contribution >= 4 is 5.91 Å². The van der Waals surface area contributed by atoms with Crippen LogP contribution in [0.3, 0.4) is 0 Å². The van der Waals surface area contributed by atoms with Crippen LogP contribution in [0.5, 0.6) is 0 Å². The molecule has 1 aliphatic rings. The van der Waals surface area contributed by atoms with E-state index in [4.69, 9.17) is 0 Å². The highest BCUT2D eigenvalue weighted by atomic mass is 19.2. The van der Waals surface area contributed by atoms with Crippen molar-refractivity contribution in [1.29, 1.82) is 0 Å². The Balaban J connectivity index is 1.87. The first-order chi connectivity index (χ1) is 11.0. The molecule has 1 amide bonds. The normalized spacial score (nSPS) is 15.5. The van der Waals surface area contributed by atoms with Crippen molar-refractivity contribution in [2.24, 2.45) is 5.92 Å². The van der Waals surface area contributed by atoms with Gasteiger partial charge in [-0.1, -0.05) is 6.07 Å². The molecular formula is C16H18F2N4O. The van der Waals surface area contributed by atoms with Gasteiger partial charge < -0.3 is 5.32 Å². The number of carbonyl (C=O) groups excluding carboxylic acids is 1. The van der Waals surface area contributed by atoms with Crippen LogP contribution in [0, 0.1) is 24.5 Å². The predicted molar refractivity (Wildman–Crippen MR) is 79.7 cm³/mol. The molecule has 5 nitrogen and oxygen atoms in total. The maximum atomic E-state index is 14.0. The zero-order chi connectivity index (χ0) is 16.6. The summed E-state index contributed by atoms with van der Waals surface area (Å²) in [6.45, 7) is 4.01. The molecule has 1 heterocycles. The van der Waals surface area contributed by atoms with Gasteiger partial charge in [0.2, 0.25) is 0 Å². The molecule has 0 spiro atoms. The highest BCUT2D eigenvalue weighted by Gasteiger charge is 2.37. The monoisotopic (exact) mass is 320 g/mol. The Morgan fingerprint density at radius 1 is 1.39 bits per heavy atom. The number of halogens is 2. The third-order valence-corrected chi connectivity index (χ3v) is 4.12. The van der Waals surface area contributed by atoms with Crippen molar-refractivity contribution in [3.63, 3.8) is 0 Å². The molecule has 1 aromatic carbocycles. The Bertz CT molecular complexity index is 740. The van der Waals surface area contributed by atoms with Gasteiger partial charge in [0, 0.05) is 6.54 Å². The zero-order valence-electron chi connectivity index (χ0n) is 13.0. The fraction of sp³-hybridized carbons (Fsp3) is 0.438. The van der Waals surface area contributed by atoms with Crippen LogP contribution in [-0.4, -0.2) is 20.7 Å². The maximum absolute atomic E-state index is 14.0. The van der Waals surface area contributed by atoms with Crippen LogP contribution < -0.4 is 5.32 Å². The van der Waals surface area contributed by atoms with Gasteiger partial charge in [0.05, 0.1) is 11.6 Å². The smallest absolute Gasteiger partial charge is 0.254 e. The highest BCUT2D eigenvalue weighted by Crippen LogP contribution is 2.40. The average molecular weight is 320 g/mol. The van der Waals surface area contributed by atoms with Crippen molar-refractivity contribution in [3.8, 4) is 0 Å². The van der Waals surface area contributed by atoms with Crippen molar-refractivity contribution < 1.29 is 13.6 Å². The average Bonchev–Trinajstić information content (AvgIpc) is 3.27. The second-order valence-electron chi connectivity index (χ2n) is 5.78. The molecule has 0 bridgehead atoms. The van der Waals surface area contributed by atoms with E-state index >= 15 is 0 Å². The van der Waals surface area contributed by atoms with E-state index in [1.54, 1.807) is 4.68 Å². The second kappa shape index (κ2) is 6.06. The van der Waals surface area contributed by atoms with Gasteiger partial charge in [-0.2, -0.15) is 5.10 Å². The fourth-order valence-corrected chi connectivity index (χ4v) is 2.62. The zero-order valence-corrected chi connectivity index (χ0v) is 13.0. The lowest BCUT2D eigenvalue weighted by Gasteiger charge is -2.18. The summed E-state index contributed by atoms with van der Waals surface area (Å²) in [5, 5.41) is 6.90. The van der Waals surface area contributed by atoms with E-state index in [2.05, 4.69) is 15.4 Å². The molecule has 1 aliphatic carbocycles. The van der Waals surface area contributed by atoms with Crippen molar-refractivity contribution in [2.45, 2.75) is 39.3 Å². The lowest BCUT2D eigenvalue weighted by Crippen LogP contribution is -2.32.